The molecule has 1 aromatic heterocycles. The number of aromatic nitrogens is 2. The molecule has 0 saturated heterocycles. The Morgan fingerprint density at radius 2 is 2.30 bits per heavy atom. The molecule has 0 aliphatic rings. The average molecular weight is 140 g/mol. The van der Waals surface area contributed by atoms with Gasteiger partial charge >= 0.3 is 0 Å². The summed E-state index contributed by atoms with van der Waals surface area (Å²) >= 11 is 0. The molecule has 10 heavy (non-hydrogen) atoms. The highest BCUT2D eigenvalue weighted by molar-refractivity contribution is 5.60. The van der Waals surface area contributed by atoms with Crippen LogP contribution < -0.4 is 5.73 Å². The summed E-state index contributed by atoms with van der Waals surface area (Å²) in [6, 6.07) is 0. The number of hydrogen-bond donors (Lipinski definition) is 1. The van der Waals surface area contributed by atoms with Crippen LogP contribution in [0.25, 0.3) is 0 Å². The Morgan fingerprint density at radius 1 is 1.70 bits per heavy atom. The molecule has 0 radical (unpaired) electrons. The van der Waals surface area contributed by atoms with Crippen molar-refractivity contribution in [3.63, 3.8) is 0 Å². The van der Waals surface area contributed by atoms with Gasteiger partial charge in [0.1, 0.15) is 0 Å². The maximum atomic E-state index is 10.1. The lowest BCUT2D eigenvalue weighted by Crippen LogP contribution is -1.96. The van der Waals surface area contributed by atoms with Gasteiger partial charge in [-0.2, -0.15) is 5.10 Å². The number of aryl methyl sites for hydroxylation is 2. The van der Waals surface area contributed by atoms with E-state index in [9.17, 15) is 4.91 Å². The van der Waals surface area contributed by atoms with E-state index in [-0.39, 0.29) is 5.69 Å². The molecule has 0 bridgehead atoms. The molecular weight excluding hydrogens is 132 g/mol. The van der Waals surface area contributed by atoms with Crippen molar-refractivity contribution in [3.8, 4) is 0 Å². The molecule has 2 N–H and O–H groups in total. The molecule has 0 unspecified atom stereocenters. The van der Waals surface area contributed by atoms with E-state index >= 15 is 0 Å². The lowest BCUT2D eigenvalue weighted by atomic mass is 10.4. The molecule has 0 aliphatic heterocycles. The topological polar surface area (TPSA) is 73.3 Å². The fraction of sp³-hybridized carbons (Fsp3) is 0.400. The van der Waals surface area contributed by atoms with Crippen molar-refractivity contribution in [3.05, 3.63) is 10.6 Å². The highest BCUT2D eigenvalue weighted by Crippen LogP contribution is 2.23. The van der Waals surface area contributed by atoms with Crippen LogP contribution in [-0.2, 0) is 7.05 Å². The first-order valence-corrected chi connectivity index (χ1v) is 2.79. The highest BCUT2D eigenvalue weighted by Gasteiger charge is 2.08. The average Bonchev–Trinajstić information content (AvgIpc) is 2.09. The minimum atomic E-state index is 0.238. The molecule has 0 spiro atoms. The summed E-state index contributed by atoms with van der Waals surface area (Å²) < 4.78 is 1.42. The molecule has 1 aromatic rings. The van der Waals surface area contributed by atoms with Crippen molar-refractivity contribution >= 4 is 11.5 Å². The second-order valence-corrected chi connectivity index (χ2v) is 2.03. The van der Waals surface area contributed by atoms with Gasteiger partial charge in [-0.1, -0.05) is 0 Å². The van der Waals surface area contributed by atoms with Crippen LogP contribution in [-0.4, -0.2) is 9.78 Å². The Kier molecular flexibility index (Phi) is 1.41. The molecule has 1 rings (SSSR count). The van der Waals surface area contributed by atoms with Crippen LogP contribution in [0.1, 0.15) is 5.69 Å². The van der Waals surface area contributed by atoms with Crippen molar-refractivity contribution in [2.75, 3.05) is 5.73 Å². The maximum absolute atomic E-state index is 10.1. The zero-order valence-electron chi connectivity index (χ0n) is 5.83. The van der Waals surface area contributed by atoms with Crippen LogP contribution in [0.2, 0.25) is 0 Å². The minimum Gasteiger partial charge on any atom is -0.382 e. The third kappa shape index (κ3) is 0.754. The van der Waals surface area contributed by atoms with Gasteiger partial charge in [-0.05, 0) is 12.1 Å². The van der Waals surface area contributed by atoms with Crippen LogP contribution >= 0.6 is 0 Å². The van der Waals surface area contributed by atoms with Crippen LogP contribution in [0.4, 0.5) is 11.5 Å². The number of rotatable bonds is 1. The molecule has 0 aromatic carbocycles. The predicted octanol–water partition coefficient (Wildman–Crippen LogP) is 0.709. The first-order chi connectivity index (χ1) is 4.66. The molecule has 0 amide bonds. The minimum absolute atomic E-state index is 0.238. The maximum Gasteiger partial charge on any atom is 0.172 e. The zero-order chi connectivity index (χ0) is 7.72. The van der Waals surface area contributed by atoms with Crippen molar-refractivity contribution < 1.29 is 0 Å². The van der Waals surface area contributed by atoms with Gasteiger partial charge < -0.3 is 5.73 Å². The number of nitrogen functional groups attached to an aromatic ring is 1. The van der Waals surface area contributed by atoms with E-state index < -0.39 is 0 Å². The molecule has 5 nitrogen and oxygen atoms in total. The van der Waals surface area contributed by atoms with Crippen LogP contribution in [0.5, 0.6) is 0 Å². The summed E-state index contributed by atoms with van der Waals surface area (Å²) in [7, 11) is 1.66. The number of hydrogen-bond acceptors (Lipinski definition) is 4. The molecule has 54 valence electrons. The molecule has 0 aliphatic carbocycles. The number of nitrogens with zero attached hydrogens (tertiary/aromatic N) is 3. The molecule has 0 fully saturated rings. The van der Waals surface area contributed by atoms with Crippen molar-refractivity contribution in [2.24, 2.45) is 12.2 Å². The third-order valence-corrected chi connectivity index (χ3v) is 1.33. The van der Waals surface area contributed by atoms with Gasteiger partial charge in [-0.3, -0.25) is 4.68 Å². The van der Waals surface area contributed by atoms with Gasteiger partial charge in [0, 0.05) is 7.05 Å². The van der Waals surface area contributed by atoms with Crippen molar-refractivity contribution in [1.29, 1.82) is 0 Å². The van der Waals surface area contributed by atoms with E-state index in [1.165, 1.54) is 4.68 Å². The fourth-order valence-electron chi connectivity index (χ4n) is 0.778. The summed E-state index contributed by atoms with van der Waals surface area (Å²) in [5.41, 5.74) is 6.22. The van der Waals surface area contributed by atoms with Crippen molar-refractivity contribution in [2.45, 2.75) is 6.92 Å². The third-order valence-electron chi connectivity index (χ3n) is 1.33. The Morgan fingerprint density at radius 3 is 2.50 bits per heavy atom. The number of nitrogens with two attached hydrogens (primary N) is 1. The fourth-order valence-corrected chi connectivity index (χ4v) is 0.778. The molecule has 5 heteroatoms. The lowest BCUT2D eigenvalue weighted by Gasteiger charge is -1.89. The van der Waals surface area contributed by atoms with Crippen molar-refractivity contribution in [1.82, 2.24) is 9.78 Å². The molecule has 0 atom stereocenters. The summed E-state index contributed by atoms with van der Waals surface area (Å²) in [6.45, 7) is 1.69. The Bertz CT molecular complexity index is 265. The SMILES string of the molecule is Cc1nn(C)c(N)c1N=O. The van der Waals surface area contributed by atoms with E-state index in [2.05, 4.69) is 10.3 Å². The molecular formula is C5H8N4O. The zero-order valence-corrected chi connectivity index (χ0v) is 5.83. The Balaban J connectivity index is 3.33. The summed E-state index contributed by atoms with van der Waals surface area (Å²) in [6.07, 6.45) is 0. The van der Waals surface area contributed by atoms with E-state index in [1.54, 1.807) is 14.0 Å². The van der Waals surface area contributed by atoms with E-state index in [4.69, 9.17) is 5.73 Å². The van der Waals surface area contributed by atoms with E-state index in [1.807, 2.05) is 0 Å². The van der Waals surface area contributed by atoms with Gasteiger partial charge in [0.15, 0.2) is 11.5 Å². The predicted molar refractivity (Wildman–Crippen MR) is 37.8 cm³/mol. The number of nitroso groups, excluding NO2 is 1. The molecule has 0 saturated carbocycles. The standard InChI is InChI=1S/C5H8N4O/c1-3-4(8-10)5(6)9(2)7-3/h6H2,1-2H3. The first kappa shape index (κ1) is 6.73. The second-order valence-electron chi connectivity index (χ2n) is 2.03. The Hall–Kier alpha value is -1.39. The quantitative estimate of drug-likeness (QED) is 0.584. The number of anilines is 1. The summed E-state index contributed by atoms with van der Waals surface area (Å²) in [5.74, 6) is 0.313. The first-order valence-electron chi connectivity index (χ1n) is 2.79. The van der Waals surface area contributed by atoms with Gasteiger partial charge in [-0.25, -0.2) is 0 Å². The normalized spacial score (nSPS) is 9.80. The van der Waals surface area contributed by atoms with Gasteiger partial charge in [0.2, 0.25) is 0 Å². The van der Waals surface area contributed by atoms with Crippen LogP contribution in [0, 0.1) is 11.8 Å². The van der Waals surface area contributed by atoms with Gasteiger partial charge in [0.25, 0.3) is 0 Å². The Labute approximate surface area is 57.8 Å². The second kappa shape index (κ2) is 2.09. The van der Waals surface area contributed by atoms with Gasteiger partial charge in [-0.15, -0.1) is 4.91 Å². The van der Waals surface area contributed by atoms with Gasteiger partial charge in [0.05, 0.1) is 5.69 Å². The molecule has 1 heterocycles. The van der Waals surface area contributed by atoms with E-state index in [0.29, 0.717) is 11.5 Å². The smallest absolute Gasteiger partial charge is 0.172 e. The summed E-state index contributed by atoms with van der Waals surface area (Å²) in [4.78, 5) is 10.1. The largest absolute Gasteiger partial charge is 0.382 e. The van der Waals surface area contributed by atoms with Crippen LogP contribution in [0.3, 0.4) is 0 Å². The summed E-state index contributed by atoms with van der Waals surface area (Å²) in [5, 5.41) is 6.61. The van der Waals surface area contributed by atoms with E-state index in [0.717, 1.165) is 0 Å². The lowest BCUT2D eigenvalue weighted by molar-refractivity contribution is 0.767. The monoisotopic (exact) mass is 140 g/mol. The van der Waals surface area contributed by atoms with Crippen LogP contribution in [0.15, 0.2) is 5.18 Å². The highest BCUT2D eigenvalue weighted by atomic mass is 16.3.